The highest BCUT2D eigenvalue weighted by atomic mass is 79.9. The van der Waals surface area contributed by atoms with E-state index in [1.54, 1.807) is 29.4 Å². The van der Waals surface area contributed by atoms with Gasteiger partial charge in [0, 0.05) is 43.0 Å². The van der Waals surface area contributed by atoms with Crippen molar-refractivity contribution in [1.82, 2.24) is 14.9 Å². The van der Waals surface area contributed by atoms with Crippen molar-refractivity contribution in [3.63, 3.8) is 0 Å². The lowest BCUT2D eigenvalue weighted by molar-refractivity contribution is -0.133. The second-order valence-corrected chi connectivity index (χ2v) is 7.06. The molecule has 0 bridgehead atoms. The highest BCUT2D eigenvalue weighted by Crippen LogP contribution is 2.32. The van der Waals surface area contributed by atoms with E-state index in [9.17, 15) is 4.79 Å². The van der Waals surface area contributed by atoms with E-state index in [1.165, 1.54) is 0 Å². The molecular weight excluding hydrogens is 408 g/mol. The fourth-order valence-corrected chi connectivity index (χ4v) is 3.73. The van der Waals surface area contributed by atoms with Gasteiger partial charge in [-0.25, -0.2) is 9.97 Å². The maximum absolute atomic E-state index is 12.4. The number of amides is 1. The molecule has 0 radical (unpaired) electrons. The SMILES string of the molecule is Cc1cc(Br)cc(Cl)c1OCC(=O)N1CCN(c2ncccn2)CC1. The van der Waals surface area contributed by atoms with E-state index in [0.717, 1.165) is 10.0 Å². The van der Waals surface area contributed by atoms with Crippen molar-refractivity contribution < 1.29 is 9.53 Å². The first-order valence-corrected chi connectivity index (χ1v) is 9.10. The van der Waals surface area contributed by atoms with Crippen molar-refractivity contribution in [3.05, 3.63) is 45.7 Å². The van der Waals surface area contributed by atoms with Gasteiger partial charge in [-0.3, -0.25) is 4.79 Å². The molecule has 6 nitrogen and oxygen atoms in total. The van der Waals surface area contributed by atoms with Gasteiger partial charge in [-0.15, -0.1) is 0 Å². The summed E-state index contributed by atoms with van der Waals surface area (Å²) in [5.41, 5.74) is 0.887. The molecule has 1 aromatic heterocycles. The highest BCUT2D eigenvalue weighted by Gasteiger charge is 2.23. The van der Waals surface area contributed by atoms with Crippen LogP contribution in [0.1, 0.15) is 5.56 Å². The van der Waals surface area contributed by atoms with Crippen molar-refractivity contribution >= 4 is 39.4 Å². The number of aromatic nitrogens is 2. The molecule has 0 saturated carbocycles. The molecule has 8 heteroatoms. The number of benzene rings is 1. The number of rotatable bonds is 4. The molecule has 1 aliphatic rings. The molecule has 2 aromatic rings. The summed E-state index contributed by atoms with van der Waals surface area (Å²) in [5.74, 6) is 1.20. The minimum absolute atomic E-state index is 0.0238. The summed E-state index contributed by atoms with van der Waals surface area (Å²) >= 11 is 9.58. The van der Waals surface area contributed by atoms with Gasteiger partial charge in [0.1, 0.15) is 5.75 Å². The Hall–Kier alpha value is -1.86. The van der Waals surface area contributed by atoms with E-state index in [4.69, 9.17) is 16.3 Å². The second-order valence-electron chi connectivity index (χ2n) is 5.74. The van der Waals surface area contributed by atoms with Crippen molar-refractivity contribution in [1.29, 1.82) is 0 Å². The number of halogens is 2. The predicted molar refractivity (Wildman–Crippen MR) is 100 cm³/mol. The number of hydrogen-bond donors (Lipinski definition) is 0. The molecular formula is C17H18BrClN4O2. The third-order valence-corrected chi connectivity index (χ3v) is 4.74. The number of nitrogens with zero attached hydrogens (tertiary/aromatic N) is 4. The minimum atomic E-state index is -0.0491. The number of ether oxygens (including phenoxy) is 1. The number of carbonyl (C=O) groups is 1. The number of hydrogen-bond acceptors (Lipinski definition) is 5. The van der Waals surface area contributed by atoms with Crippen LogP contribution in [-0.4, -0.2) is 53.6 Å². The van der Waals surface area contributed by atoms with E-state index < -0.39 is 0 Å². The molecule has 3 rings (SSSR count). The lowest BCUT2D eigenvalue weighted by Gasteiger charge is -2.34. The fourth-order valence-electron chi connectivity index (χ4n) is 2.71. The van der Waals surface area contributed by atoms with E-state index >= 15 is 0 Å². The Balaban J connectivity index is 1.53. The molecule has 0 atom stereocenters. The smallest absolute Gasteiger partial charge is 0.260 e. The Morgan fingerprint density at radius 1 is 1.24 bits per heavy atom. The molecule has 2 heterocycles. The molecule has 0 aliphatic carbocycles. The van der Waals surface area contributed by atoms with Crippen LogP contribution in [0.5, 0.6) is 5.75 Å². The number of piperazine rings is 1. The van der Waals surface area contributed by atoms with Gasteiger partial charge in [0.05, 0.1) is 5.02 Å². The van der Waals surface area contributed by atoms with Crippen LogP contribution < -0.4 is 9.64 Å². The van der Waals surface area contributed by atoms with Crippen LogP contribution in [0, 0.1) is 6.92 Å². The fraction of sp³-hybridized carbons (Fsp3) is 0.353. The molecule has 1 fully saturated rings. The van der Waals surface area contributed by atoms with Gasteiger partial charge in [-0.2, -0.15) is 0 Å². The second kappa shape index (κ2) is 8.01. The Morgan fingerprint density at radius 3 is 2.56 bits per heavy atom. The van der Waals surface area contributed by atoms with Crippen LogP contribution in [0.15, 0.2) is 35.1 Å². The van der Waals surface area contributed by atoms with Crippen LogP contribution in [0.2, 0.25) is 5.02 Å². The average molecular weight is 426 g/mol. The van der Waals surface area contributed by atoms with E-state index in [2.05, 4.69) is 30.8 Å². The van der Waals surface area contributed by atoms with Gasteiger partial charge in [-0.1, -0.05) is 27.5 Å². The molecule has 25 heavy (non-hydrogen) atoms. The summed E-state index contributed by atoms with van der Waals surface area (Å²) in [4.78, 5) is 24.8. The third kappa shape index (κ3) is 4.41. The Morgan fingerprint density at radius 2 is 1.92 bits per heavy atom. The van der Waals surface area contributed by atoms with Crippen LogP contribution in [0.25, 0.3) is 0 Å². The normalized spacial score (nSPS) is 14.5. The Labute approximate surface area is 159 Å². The van der Waals surface area contributed by atoms with E-state index in [-0.39, 0.29) is 12.5 Å². The summed E-state index contributed by atoms with van der Waals surface area (Å²) in [5, 5.41) is 0.491. The van der Waals surface area contributed by atoms with Gasteiger partial charge < -0.3 is 14.5 Å². The summed E-state index contributed by atoms with van der Waals surface area (Å²) in [6, 6.07) is 5.45. The maximum Gasteiger partial charge on any atom is 0.260 e. The number of carbonyl (C=O) groups excluding carboxylic acids is 1. The maximum atomic E-state index is 12.4. The molecule has 1 aliphatic heterocycles. The molecule has 132 valence electrons. The van der Waals surface area contributed by atoms with Crippen molar-refractivity contribution in [2.24, 2.45) is 0 Å². The minimum Gasteiger partial charge on any atom is -0.482 e. The molecule has 1 saturated heterocycles. The van der Waals surface area contributed by atoms with Crippen LogP contribution >= 0.6 is 27.5 Å². The van der Waals surface area contributed by atoms with E-state index in [0.29, 0.717) is 42.9 Å². The molecule has 1 aromatic carbocycles. The molecule has 0 unspecified atom stereocenters. The van der Waals surface area contributed by atoms with Crippen molar-refractivity contribution in [2.75, 3.05) is 37.7 Å². The topological polar surface area (TPSA) is 58.6 Å². The molecule has 0 spiro atoms. The molecule has 0 N–H and O–H groups in total. The Kier molecular flexibility index (Phi) is 5.75. The standard InChI is InChI=1S/C17H18BrClN4O2/c1-12-9-13(18)10-14(19)16(12)25-11-15(24)22-5-7-23(8-6-22)17-20-3-2-4-21-17/h2-4,9-10H,5-8,11H2,1H3. The first kappa shape index (κ1) is 17.9. The van der Waals surface area contributed by atoms with Crippen LogP contribution in [0.3, 0.4) is 0 Å². The largest absolute Gasteiger partial charge is 0.482 e. The van der Waals surface area contributed by atoms with Crippen LogP contribution in [-0.2, 0) is 4.79 Å². The van der Waals surface area contributed by atoms with Gasteiger partial charge >= 0.3 is 0 Å². The highest BCUT2D eigenvalue weighted by molar-refractivity contribution is 9.10. The van der Waals surface area contributed by atoms with Gasteiger partial charge in [0.2, 0.25) is 5.95 Å². The lowest BCUT2D eigenvalue weighted by Crippen LogP contribution is -2.50. The van der Waals surface area contributed by atoms with Gasteiger partial charge in [0.15, 0.2) is 6.61 Å². The van der Waals surface area contributed by atoms with Crippen molar-refractivity contribution in [2.45, 2.75) is 6.92 Å². The predicted octanol–water partition coefficient (Wildman–Crippen LogP) is 2.93. The summed E-state index contributed by atoms with van der Waals surface area (Å²) in [7, 11) is 0. The summed E-state index contributed by atoms with van der Waals surface area (Å²) < 4.78 is 6.55. The quantitative estimate of drug-likeness (QED) is 0.754. The first-order valence-electron chi connectivity index (χ1n) is 7.93. The molecule has 1 amide bonds. The average Bonchev–Trinajstić information content (AvgIpc) is 2.61. The van der Waals surface area contributed by atoms with Gasteiger partial charge in [0.25, 0.3) is 5.91 Å². The monoisotopic (exact) mass is 424 g/mol. The zero-order chi connectivity index (χ0) is 17.8. The van der Waals surface area contributed by atoms with Gasteiger partial charge in [-0.05, 0) is 30.7 Å². The van der Waals surface area contributed by atoms with Crippen LogP contribution in [0.4, 0.5) is 5.95 Å². The zero-order valence-corrected chi connectivity index (χ0v) is 16.1. The summed E-state index contributed by atoms with van der Waals surface area (Å²) in [6.45, 7) is 4.52. The zero-order valence-electron chi connectivity index (χ0n) is 13.8. The number of aryl methyl sites for hydroxylation is 1. The summed E-state index contributed by atoms with van der Waals surface area (Å²) in [6.07, 6.45) is 3.44. The first-order chi connectivity index (χ1) is 12.0. The van der Waals surface area contributed by atoms with Crippen molar-refractivity contribution in [3.8, 4) is 5.75 Å². The number of anilines is 1. The Bertz CT molecular complexity index is 729. The third-order valence-electron chi connectivity index (χ3n) is 4.00. The van der Waals surface area contributed by atoms with E-state index in [1.807, 2.05) is 13.0 Å². The lowest BCUT2D eigenvalue weighted by atomic mass is 10.2.